The van der Waals surface area contributed by atoms with Gasteiger partial charge in [0.2, 0.25) is 0 Å². The van der Waals surface area contributed by atoms with Gasteiger partial charge in [0.1, 0.15) is 0 Å². The molecule has 116 valence electrons. The number of anilines is 1. The molecule has 2 rings (SSSR count). The minimum absolute atomic E-state index is 0.729. The highest BCUT2D eigenvalue weighted by Gasteiger charge is 2.12. The second kappa shape index (κ2) is 9.31. The van der Waals surface area contributed by atoms with E-state index in [1.54, 1.807) is 0 Å². The molecule has 0 amide bonds. The Balaban J connectivity index is 1.56. The van der Waals surface area contributed by atoms with Gasteiger partial charge in [0, 0.05) is 17.5 Å². The van der Waals surface area contributed by atoms with E-state index in [1.165, 1.54) is 49.8 Å². The van der Waals surface area contributed by atoms with Crippen LogP contribution in [0.1, 0.15) is 44.1 Å². The van der Waals surface area contributed by atoms with Crippen molar-refractivity contribution in [1.82, 2.24) is 5.32 Å². The summed E-state index contributed by atoms with van der Waals surface area (Å²) in [6.07, 6.45) is 8.33. The summed E-state index contributed by atoms with van der Waals surface area (Å²) in [4.78, 5) is 0. The van der Waals surface area contributed by atoms with E-state index in [0.29, 0.717) is 0 Å². The lowest BCUT2D eigenvalue weighted by molar-refractivity contribution is 0.516. The molecule has 1 saturated carbocycles. The number of aryl methyl sites for hydroxylation is 1. The molecule has 21 heavy (non-hydrogen) atoms. The first-order valence-corrected chi connectivity index (χ1v) is 9.43. The molecule has 0 heterocycles. The van der Waals surface area contributed by atoms with Crippen molar-refractivity contribution >= 4 is 34.8 Å². The van der Waals surface area contributed by atoms with Crippen LogP contribution in [0, 0.1) is 6.92 Å². The number of thiocarbonyl (C=S) groups is 1. The maximum Gasteiger partial charge on any atom is 0.170 e. The number of rotatable bonds is 6. The first-order valence-electron chi connectivity index (χ1n) is 7.98. The maximum atomic E-state index is 5.34. The summed E-state index contributed by atoms with van der Waals surface area (Å²) in [7, 11) is 0. The molecule has 0 aromatic heterocycles. The van der Waals surface area contributed by atoms with Gasteiger partial charge in [-0.1, -0.05) is 37.5 Å². The molecule has 0 unspecified atom stereocenters. The zero-order chi connectivity index (χ0) is 14.9. The highest BCUT2D eigenvalue weighted by Crippen LogP contribution is 2.28. The Morgan fingerprint density at radius 1 is 1.24 bits per heavy atom. The first kappa shape index (κ1) is 16.6. The minimum atomic E-state index is 0.729. The highest BCUT2D eigenvalue weighted by molar-refractivity contribution is 7.99. The van der Waals surface area contributed by atoms with Gasteiger partial charge >= 0.3 is 0 Å². The number of nitrogens with one attached hydrogen (secondary N) is 2. The first-order chi connectivity index (χ1) is 10.3. The van der Waals surface area contributed by atoms with Crippen molar-refractivity contribution < 1.29 is 0 Å². The van der Waals surface area contributed by atoms with Crippen LogP contribution in [-0.4, -0.2) is 22.7 Å². The maximum absolute atomic E-state index is 5.34. The summed E-state index contributed by atoms with van der Waals surface area (Å²) in [6.45, 7) is 3.04. The number of hydrogen-bond donors (Lipinski definition) is 2. The molecule has 2 nitrogen and oxygen atoms in total. The van der Waals surface area contributed by atoms with E-state index in [0.717, 1.165) is 22.6 Å². The Kier molecular flexibility index (Phi) is 7.37. The van der Waals surface area contributed by atoms with Gasteiger partial charge in [-0.2, -0.15) is 11.8 Å². The lowest BCUT2D eigenvalue weighted by Crippen LogP contribution is -2.29. The normalized spacial score (nSPS) is 15.7. The molecule has 4 heteroatoms. The van der Waals surface area contributed by atoms with E-state index < -0.39 is 0 Å². The van der Waals surface area contributed by atoms with Crippen molar-refractivity contribution in [2.45, 2.75) is 50.7 Å². The zero-order valence-corrected chi connectivity index (χ0v) is 14.5. The van der Waals surface area contributed by atoms with Crippen LogP contribution in [0.25, 0.3) is 0 Å². The molecular weight excluding hydrogens is 296 g/mol. The quantitative estimate of drug-likeness (QED) is 0.583. The summed E-state index contributed by atoms with van der Waals surface area (Å²) >= 11 is 7.49. The van der Waals surface area contributed by atoms with Crippen molar-refractivity contribution in [1.29, 1.82) is 0 Å². The van der Waals surface area contributed by atoms with Gasteiger partial charge in [0.25, 0.3) is 0 Å². The fourth-order valence-corrected chi connectivity index (χ4v) is 4.16. The van der Waals surface area contributed by atoms with Gasteiger partial charge in [-0.25, -0.2) is 0 Å². The van der Waals surface area contributed by atoms with Crippen LogP contribution in [0.2, 0.25) is 0 Å². The van der Waals surface area contributed by atoms with Crippen molar-refractivity contribution in [3.05, 3.63) is 29.8 Å². The summed E-state index contributed by atoms with van der Waals surface area (Å²) in [5.74, 6) is 1.24. The van der Waals surface area contributed by atoms with Gasteiger partial charge < -0.3 is 10.6 Å². The lowest BCUT2D eigenvalue weighted by atomic mass is 10.0. The van der Waals surface area contributed by atoms with Gasteiger partial charge in [-0.3, -0.25) is 0 Å². The van der Waals surface area contributed by atoms with E-state index in [2.05, 4.69) is 41.5 Å². The molecule has 1 aliphatic carbocycles. The summed E-state index contributed by atoms with van der Waals surface area (Å²) in [6, 6.07) is 8.21. The predicted molar refractivity (Wildman–Crippen MR) is 99.4 cm³/mol. The minimum Gasteiger partial charge on any atom is -0.362 e. The lowest BCUT2D eigenvalue weighted by Gasteiger charge is -2.21. The number of hydrogen-bond acceptors (Lipinski definition) is 2. The number of para-hydroxylation sites is 1. The third-order valence-electron chi connectivity index (χ3n) is 3.91. The van der Waals surface area contributed by atoms with Crippen LogP contribution in [0.3, 0.4) is 0 Å². The van der Waals surface area contributed by atoms with E-state index >= 15 is 0 Å². The molecule has 0 bridgehead atoms. The van der Waals surface area contributed by atoms with Crippen molar-refractivity contribution in [3.63, 3.8) is 0 Å². The summed E-state index contributed by atoms with van der Waals surface area (Å²) in [5.41, 5.74) is 2.31. The summed E-state index contributed by atoms with van der Waals surface area (Å²) < 4.78 is 0. The monoisotopic (exact) mass is 322 g/mol. The largest absolute Gasteiger partial charge is 0.362 e. The Labute approximate surface area is 138 Å². The zero-order valence-electron chi connectivity index (χ0n) is 12.9. The van der Waals surface area contributed by atoms with Crippen molar-refractivity contribution in [3.8, 4) is 0 Å². The third-order valence-corrected chi connectivity index (χ3v) is 5.62. The van der Waals surface area contributed by atoms with Gasteiger partial charge in [-0.15, -0.1) is 0 Å². The Morgan fingerprint density at radius 3 is 2.76 bits per heavy atom. The molecule has 0 radical (unpaired) electrons. The molecule has 1 aromatic rings. The second-order valence-corrected chi connectivity index (χ2v) is 7.50. The molecule has 0 spiro atoms. The molecule has 1 aliphatic rings. The predicted octanol–water partition coefficient (Wildman–Crippen LogP) is 4.74. The van der Waals surface area contributed by atoms with Crippen LogP contribution >= 0.6 is 24.0 Å². The number of benzene rings is 1. The van der Waals surface area contributed by atoms with Crippen LogP contribution in [0.4, 0.5) is 5.69 Å². The van der Waals surface area contributed by atoms with Gasteiger partial charge in [0.05, 0.1) is 0 Å². The molecule has 0 aliphatic heterocycles. The van der Waals surface area contributed by atoms with Crippen LogP contribution in [0.15, 0.2) is 24.3 Å². The SMILES string of the molecule is Cc1ccccc1NC(=S)NCCCSC1CCCCC1. The van der Waals surface area contributed by atoms with Crippen LogP contribution in [0.5, 0.6) is 0 Å². The fourth-order valence-electron chi connectivity index (χ4n) is 2.64. The molecule has 0 saturated heterocycles. The van der Waals surface area contributed by atoms with Gasteiger partial charge in [0.15, 0.2) is 5.11 Å². The Hall–Kier alpha value is -0.740. The van der Waals surface area contributed by atoms with Crippen molar-refractivity contribution in [2.75, 3.05) is 17.6 Å². The molecule has 2 N–H and O–H groups in total. The van der Waals surface area contributed by atoms with Gasteiger partial charge in [-0.05, 0) is 55.8 Å². The molecule has 1 fully saturated rings. The molecular formula is C17H26N2S2. The summed E-state index contributed by atoms with van der Waals surface area (Å²) in [5, 5.41) is 8.21. The van der Waals surface area contributed by atoms with Crippen LogP contribution in [-0.2, 0) is 0 Å². The van der Waals surface area contributed by atoms with Crippen molar-refractivity contribution in [2.24, 2.45) is 0 Å². The Bertz CT molecular complexity index is 442. The number of thioether (sulfide) groups is 1. The Morgan fingerprint density at radius 2 is 2.00 bits per heavy atom. The average molecular weight is 323 g/mol. The smallest absolute Gasteiger partial charge is 0.170 e. The van der Waals surface area contributed by atoms with E-state index in [4.69, 9.17) is 12.2 Å². The molecule has 1 aromatic carbocycles. The average Bonchev–Trinajstić information content (AvgIpc) is 2.50. The van der Waals surface area contributed by atoms with Crippen LogP contribution < -0.4 is 10.6 Å². The molecule has 0 atom stereocenters. The third kappa shape index (κ3) is 6.27. The second-order valence-electron chi connectivity index (χ2n) is 5.68. The standard InChI is InChI=1S/C17H26N2S2/c1-14-8-5-6-11-16(14)19-17(20)18-12-7-13-21-15-9-3-2-4-10-15/h5-6,8,11,15H,2-4,7,9-10,12-13H2,1H3,(H2,18,19,20). The highest BCUT2D eigenvalue weighted by atomic mass is 32.2. The van der Waals surface area contributed by atoms with E-state index in [-0.39, 0.29) is 0 Å². The topological polar surface area (TPSA) is 24.1 Å². The van der Waals surface area contributed by atoms with E-state index in [9.17, 15) is 0 Å². The van der Waals surface area contributed by atoms with E-state index in [1.807, 2.05) is 12.1 Å². The fraction of sp³-hybridized carbons (Fsp3) is 0.588.